The van der Waals surface area contributed by atoms with E-state index in [9.17, 15) is 14.4 Å². The molecule has 0 bridgehead atoms. The van der Waals surface area contributed by atoms with Crippen LogP contribution in [0.15, 0.2) is 24.3 Å². The zero-order valence-corrected chi connectivity index (χ0v) is 23.1. The van der Waals surface area contributed by atoms with E-state index in [-0.39, 0.29) is 37.5 Å². The first kappa shape index (κ1) is 32.8. The smallest absolute Gasteiger partial charge is 0.305 e. The molecule has 1 aliphatic heterocycles. The largest absolute Gasteiger partial charge is 0.463 e. The third kappa shape index (κ3) is 14.0. The molecule has 11 heteroatoms. The average Bonchev–Trinajstić information content (AvgIpc) is 3.18. The van der Waals surface area contributed by atoms with Gasteiger partial charge in [0.05, 0.1) is 97.0 Å². The summed E-state index contributed by atoms with van der Waals surface area (Å²) in [5.74, 6) is -0.725. The highest BCUT2D eigenvalue weighted by atomic mass is 16.6. The Morgan fingerprint density at radius 1 is 0.615 bits per heavy atom. The van der Waals surface area contributed by atoms with Gasteiger partial charge in [0.15, 0.2) is 0 Å². The van der Waals surface area contributed by atoms with Gasteiger partial charge in [0.2, 0.25) is 0 Å². The van der Waals surface area contributed by atoms with Crippen LogP contribution in [0.1, 0.15) is 53.3 Å². The lowest BCUT2D eigenvalue weighted by Crippen LogP contribution is -2.33. The van der Waals surface area contributed by atoms with Gasteiger partial charge in [-0.2, -0.15) is 0 Å². The number of imide groups is 1. The van der Waals surface area contributed by atoms with Gasteiger partial charge in [-0.15, -0.1) is 0 Å². The second-order valence-corrected chi connectivity index (χ2v) is 8.66. The Labute approximate surface area is 230 Å². The molecule has 220 valence electrons. The maximum atomic E-state index is 12.3. The van der Waals surface area contributed by atoms with E-state index in [1.54, 1.807) is 24.3 Å². The van der Waals surface area contributed by atoms with Crippen LogP contribution in [-0.4, -0.2) is 115 Å². The van der Waals surface area contributed by atoms with E-state index >= 15 is 0 Å². The number of rotatable bonds is 25. The Morgan fingerprint density at radius 2 is 1.03 bits per heavy atom. The standard InChI is InChI=1S/C28H43NO10/c1-2-3-4-9-26(30)39-23-22-38-21-20-37-19-18-36-17-16-35-15-14-34-13-12-33-11-10-29-27(31)24-7-5-6-8-25(24)28(29)32/h5-8H,2-4,9-23H2,1H3. The summed E-state index contributed by atoms with van der Waals surface area (Å²) in [4.78, 5) is 37.2. The van der Waals surface area contributed by atoms with Crippen LogP contribution in [0.25, 0.3) is 0 Å². The van der Waals surface area contributed by atoms with Gasteiger partial charge in [-0.05, 0) is 18.6 Å². The van der Waals surface area contributed by atoms with Crippen LogP contribution < -0.4 is 0 Å². The SMILES string of the molecule is CCCCCC(=O)OCCOCCOCCOCCOCCOCCOCCN1C(=O)c2ccccc2C1=O. The Bertz CT molecular complexity index is 799. The average molecular weight is 554 g/mol. The lowest BCUT2D eigenvalue weighted by atomic mass is 10.1. The number of carbonyl (C=O) groups is 3. The summed E-state index contributed by atoms with van der Waals surface area (Å²) in [6.45, 7) is 7.59. The molecule has 0 radical (unpaired) electrons. The van der Waals surface area contributed by atoms with E-state index in [4.69, 9.17) is 33.2 Å². The second kappa shape index (κ2) is 21.4. The predicted molar refractivity (Wildman–Crippen MR) is 142 cm³/mol. The fourth-order valence-corrected chi connectivity index (χ4v) is 3.61. The summed E-state index contributed by atoms with van der Waals surface area (Å²) in [6, 6.07) is 6.81. The molecule has 0 N–H and O–H groups in total. The predicted octanol–water partition coefficient (Wildman–Crippen LogP) is 2.51. The van der Waals surface area contributed by atoms with Gasteiger partial charge >= 0.3 is 5.97 Å². The second-order valence-electron chi connectivity index (χ2n) is 8.66. The van der Waals surface area contributed by atoms with Crippen LogP contribution >= 0.6 is 0 Å². The van der Waals surface area contributed by atoms with Crippen LogP contribution in [0, 0.1) is 0 Å². The summed E-state index contributed by atoms with van der Waals surface area (Å²) in [7, 11) is 0. The monoisotopic (exact) mass is 553 g/mol. The fraction of sp³-hybridized carbons (Fsp3) is 0.679. The Kier molecular flexibility index (Phi) is 18.0. The van der Waals surface area contributed by atoms with Crippen LogP contribution in [0.2, 0.25) is 0 Å². The third-order valence-corrected chi connectivity index (χ3v) is 5.67. The van der Waals surface area contributed by atoms with Crippen molar-refractivity contribution in [1.82, 2.24) is 4.90 Å². The van der Waals surface area contributed by atoms with E-state index in [0.717, 1.165) is 19.3 Å². The third-order valence-electron chi connectivity index (χ3n) is 5.67. The quantitative estimate of drug-likeness (QED) is 0.101. The molecule has 0 saturated carbocycles. The van der Waals surface area contributed by atoms with Gasteiger partial charge in [-0.1, -0.05) is 31.9 Å². The number of benzene rings is 1. The Balaban J connectivity index is 1.25. The number of fused-ring (bicyclic) bond motifs is 1. The van der Waals surface area contributed by atoms with E-state index in [1.807, 2.05) is 0 Å². The molecule has 1 heterocycles. The van der Waals surface area contributed by atoms with Crippen molar-refractivity contribution in [2.24, 2.45) is 0 Å². The first-order valence-corrected chi connectivity index (χ1v) is 13.7. The molecule has 0 atom stereocenters. The topological polar surface area (TPSA) is 119 Å². The number of esters is 1. The molecular formula is C28H43NO10. The van der Waals surface area contributed by atoms with Crippen molar-refractivity contribution in [3.05, 3.63) is 35.4 Å². The molecule has 0 aliphatic carbocycles. The van der Waals surface area contributed by atoms with E-state index in [2.05, 4.69) is 6.92 Å². The highest BCUT2D eigenvalue weighted by Gasteiger charge is 2.34. The number of carbonyl (C=O) groups excluding carboxylic acids is 3. The molecule has 1 aliphatic rings. The van der Waals surface area contributed by atoms with Gasteiger partial charge in [-0.25, -0.2) is 0 Å². The molecule has 1 aromatic rings. The molecule has 0 saturated heterocycles. The first-order chi connectivity index (χ1) is 19.1. The molecule has 2 rings (SSSR count). The summed E-state index contributed by atoms with van der Waals surface area (Å²) >= 11 is 0. The van der Waals surface area contributed by atoms with Gasteiger partial charge in [0.25, 0.3) is 11.8 Å². The molecule has 11 nitrogen and oxygen atoms in total. The van der Waals surface area contributed by atoms with E-state index in [1.165, 1.54) is 4.90 Å². The van der Waals surface area contributed by atoms with Crippen LogP contribution in [0.4, 0.5) is 0 Å². The minimum absolute atomic E-state index is 0.168. The minimum atomic E-state index is -0.278. The van der Waals surface area contributed by atoms with Crippen LogP contribution in [0.5, 0.6) is 0 Å². The van der Waals surface area contributed by atoms with Crippen molar-refractivity contribution in [3.8, 4) is 0 Å². The van der Waals surface area contributed by atoms with Crippen molar-refractivity contribution in [2.45, 2.75) is 32.6 Å². The van der Waals surface area contributed by atoms with Crippen molar-refractivity contribution < 1.29 is 47.5 Å². The Morgan fingerprint density at radius 3 is 1.46 bits per heavy atom. The van der Waals surface area contributed by atoms with Crippen LogP contribution in [0.3, 0.4) is 0 Å². The lowest BCUT2D eigenvalue weighted by Gasteiger charge is -2.13. The van der Waals surface area contributed by atoms with Crippen LogP contribution in [-0.2, 0) is 38.0 Å². The molecule has 0 aromatic heterocycles. The van der Waals surface area contributed by atoms with Crippen molar-refractivity contribution in [3.63, 3.8) is 0 Å². The molecule has 0 spiro atoms. The van der Waals surface area contributed by atoms with E-state index in [0.29, 0.717) is 90.2 Å². The van der Waals surface area contributed by atoms with E-state index < -0.39 is 0 Å². The maximum absolute atomic E-state index is 12.3. The molecule has 0 fully saturated rings. The summed E-state index contributed by atoms with van der Waals surface area (Å²) in [5.41, 5.74) is 0.883. The normalized spacial score (nSPS) is 12.8. The zero-order chi connectivity index (χ0) is 28.0. The first-order valence-electron chi connectivity index (χ1n) is 13.7. The number of hydrogen-bond acceptors (Lipinski definition) is 10. The van der Waals surface area contributed by atoms with Gasteiger partial charge in [-0.3, -0.25) is 19.3 Å². The number of nitrogens with zero attached hydrogens (tertiary/aromatic N) is 1. The van der Waals surface area contributed by atoms with Gasteiger partial charge in [0.1, 0.15) is 6.61 Å². The lowest BCUT2D eigenvalue weighted by molar-refractivity contribution is -0.145. The zero-order valence-electron chi connectivity index (χ0n) is 23.1. The highest BCUT2D eigenvalue weighted by Crippen LogP contribution is 2.21. The van der Waals surface area contributed by atoms with Crippen molar-refractivity contribution in [1.29, 1.82) is 0 Å². The van der Waals surface area contributed by atoms with Gasteiger partial charge < -0.3 is 33.2 Å². The molecule has 1 aromatic carbocycles. The highest BCUT2D eigenvalue weighted by molar-refractivity contribution is 6.21. The number of hydrogen-bond donors (Lipinski definition) is 0. The fourth-order valence-electron chi connectivity index (χ4n) is 3.61. The molecule has 2 amide bonds. The van der Waals surface area contributed by atoms with Crippen molar-refractivity contribution >= 4 is 17.8 Å². The minimum Gasteiger partial charge on any atom is -0.463 e. The number of ether oxygens (including phenoxy) is 7. The van der Waals surface area contributed by atoms with Crippen molar-refractivity contribution in [2.75, 3.05) is 92.4 Å². The summed E-state index contributed by atoms with van der Waals surface area (Å²) < 4.78 is 37.6. The summed E-state index contributed by atoms with van der Waals surface area (Å²) in [5, 5.41) is 0. The van der Waals surface area contributed by atoms with Gasteiger partial charge in [0, 0.05) is 6.42 Å². The Hall–Kier alpha value is -2.41. The number of unbranched alkanes of at least 4 members (excludes halogenated alkanes) is 2. The number of amides is 2. The molecule has 0 unspecified atom stereocenters. The summed E-state index contributed by atoms with van der Waals surface area (Å²) in [6.07, 6.45) is 3.47. The maximum Gasteiger partial charge on any atom is 0.305 e. The molecular weight excluding hydrogens is 510 g/mol. The molecule has 39 heavy (non-hydrogen) atoms.